The molecule has 0 aliphatic heterocycles. The zero-order chi connectivity index (χ0) is 13.2. The number of aromatic nitrogens is 1. The van der Waals surface area contributed by atoms with Crippen LogP contribution >= 0.6 is 11.6 Å². The number of hydrogen-bond donors (Lipinski definition) is 0. The first-order chi connectivity index (χ1) is 8.44. The lowest BCUT2D eigenvalue weighted by Crippen LogP contribution is -2.02. The van der Waals surface area contributed by atoms with Crippen LogP contribution in [0.3, 0.4) is 0 Å². The molecule has 18 heavy (non-hydrogen) atoms. The molecule has 0 aliphatic rings. The van der Waals surface area contributed by atoms with Crippen molar-refractivity contribution in [3.8, 4) is 11.5 Å². The molecule has 0 saturated carbocycles. The minimum atomic E-state index is -3.49. The summed E-state index contributed by atoms with van der Waals surface area (Å²) in [4.78, 5) is 4.11. The Morgan fingerprint density at radius 1 is 1.44 bits per heavy atom. The first-order valence-corrected chi connectivity index (χ1v) is 7.18. The van der Waals surface area contributed by atoms with Gasteiger partial charge in [0.1, 0.15) is 18.6 Å². The van der Waals surface area contributed by atoms with Gasteiger partial charge in [0.05, 0.1) is 6.26 Å². The van der Waals surface area contributed by atoms with Gasteiger partial charge in [-0.1, -0.05) is 17.7 Å². The first-order valence-electron chi connectivity index (χ1n) is 4.99. The maximum absolute atomic E-state index is 10.8. The van der Waals surface area contributed by atoms with E-state index in [0.29, 0.717) is 22.2 Å². The second-order valence-corrected chi connectivity index (χ2v) is 5.70. The zero-order valence-electron chi connectivity index (χ0n) is 9.46. The van der Waals surface area contributed by atoms with E-state index in [1.807, 2.05) is 0 Å². The predicted octanol–water partition coefficient (Wildman–Crippen LogP) is 2.47. The molecule has 5 nitrogen and oxygen atoms in total. The molecule has 0 aliphatic carbocycles. The van der Waals surface area contributed by atoms with Gasteiger partial charge in [0.2, 0.25) is 5.89 Å². The van der Waals surface area contributed by atoms with Crippen molar-refractivity contribution in [2.45, 2.75) is 6.61 Å². The minimum absolute atomic E-state index is 0.150. The van der Waals surface area contributed by atoms with Gasteiger partial charge in [-0.15, -0.1) is 0 Å². The summed E-state index contributed by atoms with van der Waals surface area (Å²) >= 11 is 5.85. The second kappa shape index (κ2) is 5.09. The van der Waals surface area contributed by atoms with Crippen molar-refractivity contribution >= 4 is 21.7 Å². The lowest BCUT2D eigenvalue weighted by molar-refractivity contribution is 0.307. The topological polar surface area (TPSA) is 69.4 Å². The van der Waals surface area contributed by atoms with Crippen LogP contribution in [0.25, 0.3) is 11.5 Å². The fourth-order valence-corrected chi connectivity index (χ4v) is 1.82. The maximum atomic E-state index is 10.8. The third-order valence-corrected chi connectivity index (χ3v) is 2.83. The van der Waals surface area contributed by atoms with Gasteiger partial charge in [-0.25, -0.2) is 4.98 Å². The largest absolute Gasteiger partial charge is 0.444 e. The summed E-state index contributed by atoms with van der Waals surface area (Å²) in [6.45, 7) is -0.150. The molecule has 0 fully saturated rings. The fourth-order valence-electron chi connectivity index (χ4n) is 1.29. The van der Waals surface area contributed by atoms with Crippen molar-refractivity contribution in [2.24, 2.45) is 0 Å². The number of rotatable bonds is 4. The third-order valence-electron chi connectivity index (χ3n) is 2.04. The van der Waals surface area contributed by atoms with Gasteiger partial charge in [0.15, 0.2) is 0 Å². The summed E-state index contributed by atoms with van der Waals surface area (Å²) in [5.74, 6) is 0.365. The molecule has 1 aromatic carbocycles. The van der Waals surface area contributed by atoms with Crippen molar-refractivity contribution < 1.29 is 17.0 Å². The molecule has 0 amide bonds. The van der Waals surface area contributed by atoms with Crippen LogP contribution < -0.4 is 0 Å². The van der Waals surface area contributed by atoms with Crippen LogP contribution in [0.2, 0.25) is 5.02 Å². The van der Waals surface area contributed by atoms with E-state index in [9.17, 15) is 8.42 Å². The number of oxazole rings is 1. The number of hydrogen-bond acceptors (Lipinski definition) is 5. The van der Waals surface area contributed by atoms with Crippen molar-refractivity contribution in [1.82, 2.24) is 4.98 Å². The Bertz CT molecular complexity index is 651. The molecule has 0 unspecified atom stereocenters. The zero-order valence-corrected chi connectivity index (χ0v) is 11.0. The van der Waals surface area contributed by atoms with E-state index in [0.717, 1.165) is 6.26 Å². The van der Waals surface area contributed by atoms with Gasteiger partial charge >= 0.3 is 0 Å². The highest BCUT2D eigenvalue weighted by atomic mass is 35.5. The molecule has 0 atom stereocenters. The van der Waals surface area contributed by atoms with Gasteiger partial charge in [-0.05, 0) is 18.2 Å². The summed E-state index contributed by atoms with van der Waals surface area (Å²) in [5.41, 5.74) is 1.11. The van der Waals surface area contributed by atoms with Gasteiger partial charge in [0.25, 0.3) is 10.1 Å². The average molecular weight is 288 g/mol. The van der Waals surface area contributed by atoms with Crippen LogP contribution in [0.5, 0.6) is 0 Å². The maximum Gasteiger partial charge on any atom is 0.264 e. The quantitative estimate of drug-likeness (QED) is 0.808. The Labute approximate surface area is 109 Å². The van der Waals surface area contributed by atoms with Crippen LogP contribution in [0, 0.1) is 0 Å². The number of halogens is 1. The Kier molecular flexibility index (Phi) is 3.70. The Morgan fingerprint density at radius 3 is 2.89 bits per heavy atom. The fraction of sp³-hybridized carbons (Fsp3) is 0.182. The predicted molar refractivity (Wildman–Crippen MR) is 66.6 cm³/mol. The Balaban J connectivity index is 2.16. The number of benzene rings is 1. The molecule has 2 rings (SSSR count). The molecule has 0 radical (unpaired) electrons. The smallest absolute Gasteiger partial charge is 0.264 e. The third kappa shape index (κ3) is 3.56. The molecule has 0 saturated heterocycles. The summed E-state index contributed by atoms with van der Waals surface area (Å²) < 4.78 is 31.5. The lowest BCUT2D eigenvalue weighted by atomic mass is 10.2. The number of nitrogens with zero attached hydrogens (tertiary/aromatic N) is 1. The van der Waals surface area contributed by atoms with Crippen molar-refractivity contribution in [3.63, 3.8) is 0 Å². The van der Waals surface area contributed by atoms with E-state index in [1.54, 1.807) is 24.3 Å². The Morgan fingerprint density at radius 2 is 2.22 bits per heavy atom. The second-order valence-electron chi connectivity index (χ2n) is 3.62. The Hall–Kier alpha value is -1.37. The SMILES string of the molecule is CS(=O)(=O)OCc1coc(-c2cccc(Cl)c2)n1. The minimum Gasteiger partial charge on any atom is -0.444 e. The molecular formula is C11H10ClNO4S. The standard InChI is InChI=1S/C11H10ClNO4S/c1-18(14,15)17-7-10-6-16-11(13-10)8-3-2-4-9(12)5-8/h2-6H,7H2,1H3. The van der Waals surface area contributed by atoms with Crippen LogP contribution in [-0.2, 0) is 20.9 Å². The van der Waals surface area contributed by atoms with Crippen molar-refractivity contribution in [3.05, 3.63) is 41.2 Å². The normalized spacial score (nSPS) is 11.7. The van der Waals surface area contributed by atoms with Crippen LogP contribution in [0.4, 0.5) is 0 Å². The summed E-state index contributed by atoms with van der Waals surface area (Å²) in [6, 6.07) is 7.00. The monoisotopic (exact) mass is 287 g/mol. The molecule has 1 heterocycles. The van der Waals surface area contributed by atoms with E-state index >= 15 is 0 Å². The average Bonchev–Trinajstić information content (AvgIpc) is 2.74. The molecule has 96 valence electrons. The van der Waals surface area contributed by atoms with Crippen molar-refractivity contribution in [2.75, 3.05) is 6.26 Å². The van der Waals surface area contributed by atoms with Crippen LogP contribution in [0.1, 0.15) is 5.69 Å². The summed E-state index contributed by atoms with van der Waals surface area (Å²) in [5, 5.41) is 0.569. The van der Waals surface area contributed by atoms with E-state index in [1.165, 1.54) is 6.26 Å². The van der Waals surface area contributed by atoms with E-state index in [4.69, 9.17) is 16.0 Å². The van der Waals surface area contributed by atoms with Gasteiger partial charge in [-0.2, -0.15) is 8.42 Å². The molecule has 0 bridgehead atoms. The molecule has 2 aromatic rings. The first kappa shape index (κ1) is 13.1. The molecule has 0 spiro atoms. The molecular weight excluding hydrogens is 278 g/mol. The highest BCUT2D eigenvalue weighted by Crippen LogP contribution is 2.22. The van der Waals surface area contributed by atoms with Crippen LogP contribution in [-0.4, -0.2) is 19.7 Å². The van der Waals surface area contributed by atoms with Crippen molar-refractivity contribution in [1.29, 1.82) is 0 Å². The van der Waals surface area contributed by atoms with Gasteiger partial charge in [0, 0.05) is 10.6 Å². The highest BCUT2D eigenvalue weighted by Gasteiger charge is 2.09. The summed E-state index contributed by atoms with van der Waals surface area (Å²) in [7, 11) is -3.49. The van der Waals surface area contributed by atoms with Gasteiger partial charge < -0.3 is 4.42 Å². The van der Waals surface area contributed by atoms with E-state index in [2.05, 4.69) is 9.17 Å². The highest BCUT2D eigenvalue weighted by molar-refractivity contribution is 7.85. The summed E-state index contributed by atoms with van der Waals surface area (Å²) in [6.07, 6.45) is 2.33. The van der Waals surface area contributed by atoms with E-state index < -0.39 is 10.1 Å². The van der Waals surface area contributed by atoms with Gasteiger partial charge in [-0.3, -0.25) is 4.18 Å². The molecule has 1 aromatic heterocycles. The van der Waals surface area contributed by atoms with E-state index in [-0.39, 0.29) is 6.61 Å². The molecule has 0 N–H and O–H groups in total. The molecule has 7 heteroatoms. The van der Waals surface area contributed by atoms with Crippen LogP contribution in [0.15, 0.2) is 34.9 Å². The lowest BCUT2D eigenvalue weighted by Gasteiger charge is -1.96.